The Morgan fingerprint density at radius 3 is 2.11 bits per heavy atom. The van der Waals surface area contributed by atoms with E-state index in [-0.39, 0.29) is 26.3 Å². The highest BCUT2D eigenvalue weighted by Gasteiger charge is 2.47. The Hall–Kier alpha value is -2.40. The van der Waals surface area contributed by atoms with Crippen molar-refractivity contribution in [2.24, 2.45) is 0 Å². The average Bonchev–Trinajstić information content (AvgIpc) is 3.60. The van der Waals surface area contributed by atoms with Gasteiger partial charge in [-0.2, -0.15) is 0 Å². The van der Waals surface area contributed by atoms with E-state index in [2.05, 4.69) is 24.9 Å². The number of fused-ring (bicyclic) bond motifs is 1. The number of sulfonamides is 1. The summed E-state index contributed by atoms with van der Waals surface area (Å²) < 4.78 is 44.6. The number of ketones is 1. The molecule has 3 aromatic carbocycles. The third kappa shape index (κ3) is 11.4. The summed E-state index contributed by atoms with van der Waals surface area (Å²) in [5, 5.41) is 1.21. The number of nitrogens with two attached hydrogens (primary N) is 1. The molecule has 1 unspecified atom stereocenters. The summed E-state index contributed by atoms with van der Waals surface area (Å²) in [4.78, 5) is 12.7. The van der Waals surface area contributed by atoms with Gasteiger partial charge in [-0.1, -0.05) is 77.1 Å². The fraction of sp³-hybridized carbons (Fsp3) is 0.514. The largest absolute Gasteiger partial charge is 0.497 e. The molecule has 1 saturated heterocycles. The van der Waals surface area contributed by atoms with Gasteiger partial charge in [-0.25, -0.2) is 12.6 Å². The molecule has 0 bridgehead atoms. The van der Waals surface area contributed by atoms with Crippen molar-refractivity contribution in [2.75, 3.05) is 30.1 Å². The van der Waals surface area contributed by atoms with Crippen LogP contribution in [0.15, 0.2) is 65.6 Å². The number of carbonyl (C=O) groups is 1. The molecule has 3 aromatic rings. The Kier molecular flexibility index (Phi) is 16.6. The van der Waals surface area contributed by atoms with Crippen LogP contribution >= 0.6 is 0 Å². The van der Waals surface area contributed by atoms with E-state index in [1.54, 1.807) is 37.4 Å². The number of Topliss-reactive ketones (excluding diaryl/α,β-unsaturated/α-hetero) is 1. The van der Waals surface area contributed by atoms with E-state index in [1.165, 1.54) is 49.7 Å². The van der Waals surface area contributed by atoms with Crippen LogP contribution in [0, 0.1) is 0 Å². The van der Waals surface area contributed by atoms with Gasteiger partial charge in [-0.3, -0.25) is 4.79 Å². The number of hydrogen-bond acceptors (Lipinski definition) is 6. The zero-order valence-corrected chi connectivity index (χ0v) is 30.3. The lowest BCUT2D eigenvalue weighted by atomic mass is 10.0. The molecular formula is C35H53N2O5S3+. The van der Waals surface area contributed by atoms with E-state index in [9.17, 15) is 17.4 Å². The van der Waals surface area contributed by atoms with Gasteiger partial charge in [-0.05, 0) is 74.9 Å². The van der Waals surface area contributed by atoms with Gasteiger partial charge in [0.2, 0.25) is 5.78 Å². The van der Waals surface area contributed by atoms with Crippen molar-refractivity contribution in [1.82, 2.24) is 4.13 Å². The van der Waals surface area contributed by atoms with Crippen LogP contribution in [0.3, 0.4) is 0 Å². The van der Waals surface area contributed by atoms with Crippen LogP contribution in [0.2, 0.25) is 0 Å². The average molecular weight is 678 g/mol. The second kappa shape index (κ2) is 19.3. The fourth-order valence-corrected chi connectivity index (χ4v) is 10.8. The number of rotatable bonds is 14. The topological polar surface area (TPSA) is 116 Å². The molecule has 1 aliphatic rings. The standard InChI is InChI=1S/C18H26N2O3S2.C15H21O2S.C2H6/c1-2-3-4-5-6-7-14-24(21)20-25(22,23)17-13-9-11-15-10-8-12-16(19)18(15)17;1-15(2,18-10-4-5-11-18)14(16)12-6-8-13(17-3)9-7-12;1-2/h8-13,20H,2-7,14,19H2,1H3;6-9H,4-5,10-11H2,1-3H3;1-2H3/q;+1;. The van der Waals surface area contributed by atoms with Crippen LogP contribution in [0.25, 0.3) is 10.8 Å². The maximum absolute atomic E-state index is 12.6. The first kappa shape index (κ1) is 38.8. The van der Waals surface area contributed by atoms with E-state index < -0.39 is 21.0 Å². The van der Waals surface area contributed by atoms with Gasteiger partial charge >= 0.3 is 0 Å². The van der Waals surface area contributed by atoms with Crippen LogP contribution in [-0.4, -0.2) is 47.5 Å². The highest BCUT2D eigenvalue weighted by Crippen LogP contribution is 2.31. The number of nitrogen functional groups attached to an aromatic ring is 1. The van der Waals surface area contributed by atoms with Gasteiger partial charge in [-0.15, -0.1) is 4.13 Å². The van der Waals surface area contributed by atoms with Gasteiger partial charge in [0, 0.05) is 33.3 Å². The molecule has 45 heavy (non-hydrogen) atoms. The second-order valence-electron chi connectivity index (χ2n) is 11.3. The molecule has 1 heterocycles. The van der Waals surface area contributed by atoms with Gasteiger partial charge < -0.3 is 10.5 Å². The molecule has 0 aromatic heterocycles. The number of anilines is 1. The lowest BCUT2D eigenvalue weighted by Crippen LogP contribution is -2.41. The predicted octanol–water partition coefficient (Wildman–Crippen LogP) is 7.82. The van der Waals surface area contributed by atoms with Crippen molar-refractivity contribution in [3.63, 3.8) is 0 Å². The molecule has 1 atom stereocenters. The zero-order chi connectivity index (χ0) is 33.5. The van der Waals surface area contributed by atoms with Gasteiger partial charge in [0.15, 0.2) is 4.75 Å². The SMILES string of the molecule is CC.CCCCCCCCS(=O)NS(=O)(=O)c1cccc2cccc(N)c12.COc1ccc(C(=O)C(C)(C)[S+]2CCCC2)cc1. The summed E-state index contributed by atoms with van der Waals surface area (Å²) in [6.45, 7) is 10.4. The Bertz CT molecular complexity index is 1460. The number of ether oxygens (including phenoxy) is 1. The maximum atomic E-state index is 12.6. The maximum Gasteiger partial charge on any atom is 0.252 e. The normalized spacial score (nSPS) is 14.2. The lowest BCUT2D eigenvalue weighted by molar-refractivity contribution is 0.0956. The van der Waals surface area contributed by atoms with Crippen molar-refractivity contribution in [3.8, 4) is 5.75 Å². The highest BCUT2D eigenvalue weighted by atomic mass is 32.3. The van der Waals surface area contributed by atoms with Crippen LogP contribution in [-0.2, 0) is 31.9 Å². The second-order valence-corrected chi connectivity index (χ2v) is 17.3. The molecular weight excluding hydrogens is 625 g/mol. The molecule has 0 radical (unpaired) electrons. The Labute approximate surface area is 277 Å². The van der Waals surface area contributed by atoms with Crippen molar-refractivity contribution < 1.29 is 22.2 Å². The molecule has 0 saturated carbocycles. The minimum absolute atomic E-state index is 0.0689. The van der Waals surface area contributed by atoms with E-state index >= 15 is 0 Å². The van der Waals surface area contributed by atoms with E-state index in [0.717, 1.165) is 36.0 Å². The van der Waals surface area contributed by atoms with Crippen LogP contribution < -0.4 is 14.6 Å². The van der Waals surface area contributed by atoms with Crippen molar-refractivity contribution >= 4 is 54.1 Å². The number of unbranched alkanes of at least 4 members (excludes halogenated alkanes) is 5. The van der Waals surface area contributed by atoms with E-state index in [0.29, 0.717) is 16.8 Å². The molecule has 0 spiro atoms. The quantitative estimate of drug-likeness (QED) is 0.0778. The number of benzene rings is 3. The molecule has 0 amide bonds. The molecule has 1 aliphatic heterocycles. The summed E-state index contributed by atoms with van der Waals surface area (Å²) in [6.07, 6.45) is 8.93. The van der Waals surface area contributed by atoms with Gasteiger partial charge in [0.1, 0.15) is 28.2 Å². The molecule has 3 N–H and O–H groups in total. The Morgan fingerprint density at radius 1 is 0.933 bits per heavy atom. The third-order valence-corrected chi connectivity index (χ3v) is 14.1. The Balaban J connectivity index is 0.000000311. The summed E-state index contributed by atoms with van der Waals surface area (Å²) in [6, 6.07) is 17.7. The molecule has 0 aliphatic carbocycles. The first-order chi connectivity index (χ1) is 21.5. The third-order valence-electron chi connectivity index (χ3n) is 7.73. The van der Waals surface area contributed by atoms with Gasteiger partial charge in [0.25, 0.3) is 10.0 Å². The molecule has 10 heteroatoms. The number of carbonyl (C=O) groups excluding carboxylic acids is 1. The van der Waals surface area contributed by atoms with Crippen molar-refractivity contribution in [2.45, 2.75) is 95.6 Å². The summed E-state index contributed by atoms with van der Waals surface area (Å²) >= 11 is 0. The molecule has 7 nitrogen and oxygen atoms in total. The summed E-state index contributed by atoms with van der Waals surface area (Å²) in [5.41, 5.74) is 7.15. The smallest absolute Gasteiger partial charge is 0.252 e. The van der Waals surface area contributed by atoms with Crippen LogP contribution in [0.1, 0.15) is 96.3 Å². The minimum Gasteiger partial charge on any atom is -0.497 e. The predicted molar refractivity (Wildman–Crippen MR) is 194 cm³/mol. The lowest BCUT2D eigenvalue weighted by Gasteiger charge is -2.21. The molecule has 1 fully saturated rings. The molecule has 4 rings (SSSR count). The number of nitrogens with one attached hydrogen (secondary N) is 1. The number of hydrogen-bond donors (Lipinski definition) is 2. The van der Waals surface area contributed by atoms with Crippen molar-refractivity contribution in [3.05, 3.63) is 66.2 Å². The summed E-state index contributed by atoms with van der Waals surface area (Å²) in [7, 11) is -3.63. The Morgan fingerprint density at radius 2 is 1.51 bits per heavy atom. The monoisotopic (exact) mass is 677 g/mol. The van der Waals surface area contributed by atoms with E-state index in [4.69, 9.17) is 10.5 Å². The zero-order valence-electron chi connectivity index (χ0n) is 27.9. The first-order valence-electron chi connectivity index (χ1n) is 16.1. The van der Waals surface area contributed by atoms with E-state index in [1.807, 2.05) is 38.1 Å². The minimum atomic E-state index is -3.89. The molecule has 250 valence electrons. The highest BCUT2D eigenvalue weighted by molar-refractivity contribution is 8.02. The van der Waals surface area contributed by atoms with Crippen LogP contribution in [0.5, 0.6) is 5.75 Å². The fourth-order valence-electron chi connectivity index (χ4n) is 5.17. The number of methoxy groups -OCH3 is 1. The van der Waals surface area contributed by atoms with Crippen LogP contribution in [0.4, 0.5) is 5.69 Å². The van der Waals surface area contributed by atoms with Crippen molar-refractivity contribution in [1.29, 1.82) is 0 Å². The van der Waals surface area contributed by atoms with Gasteiger partial charge in [0.05, 0.1) is 12.0 Å². The first-order valence-corrected chi connectivity index (χ1v) is 20.4. The summed E-state index contributed by atoms with van der Waals surface area (Å²) in [5.74, 6) is 3.83.